The van der Waals surface area contributed by atoms with E-state index in [-0.39, 0.29) is 24.9 Å². The minimum Gasteiger partial charge on any atom is -0.349 e. The highest BCUT2D eigenvalue weighted by atomic mass is 32.2. The molecular formula is C33H25F9N2O4S. The first-order chi connectivity index (χ1) is 22.9. The lowest BCUT2D eigenvalue weighted by atomic mass is 9.88. The molecule has 0 N–H and O–H groups in total. The van der Waals surface area contributed by atoms with Crippen LogP contribution in [0, 0.1) is 17.5 Å². The normalized spacial score (nSPS) is 17.4. The number of hydrogen-bond acceptors (Lipinski definition) is 5. The van der Waals surface area contributed by atoms with Crippen molar-refractivity contribution in [3.63, 3.8) is 0 Å². The Bertz CT molecular complexity index is 1880. The molecule has 16 heteroatoms. The number of pyridine rings is 1. The van der Waals surface area contributed by atoms with E-state index in [0.717, 1.165) is 42.5 Å². The van der Waals surface area contributed by atoms with Crippen LogP contribution in [0.3, 0.4) is 0 Å². The predicted octanol–water partition coefficient (Wildman–Crippen LogP) is 7.18. The molecule has 0 bridgehead atoms. The fraction of sp³-hybridized carbons (Fsp3) is 0.273. The molecule has 3 aromatic carbocycles. The lowest BCUT2D eigenvalue weighted by Crippen LogP contribution is -2.56. The maximum Gasteiger partial charge on any atom is 0.430 e. The molecule has 0 unspecified atom stereocenters. The van der Waals surface area contributed by atoms with Gasteiger partial charge in [0.15, 0.2) is 9.84 Å². The minimum atomic E-state index is -6.23. The summed E-state index contributed by atoms with van der Waals surface area (Å²) in [4.78, 5) is 17.9. The highest BCUT2D eigenvalue weighted by Gasteiger charge is 2.73. The molecular weight excluding hydrogens is 691 g/mol. The second-order valence-corrected chi connectivity index (χ2v) is 13.6. The number of nitrogens with zero attached hydrogens (tertiary/aromatic N) is 2. The number of carbonyl (C=O) groups is 1. The van der Waals surface area contributed by atoms with Gasteiger partial charge in [-0.25, -0.2) is 21.6 Å². The number of sulfone groups is 1. The maximum atomic E-state index is 14.5. The highest BCUT2D eigenvalue weighted by molar-refractivity contribution is 7.92. The zero-order chi connectivity index (χ0) is 35.8. The van der Waals surface area contributed by atoms with Crippen molar-refractivity contribution in [2.75, 3.05) is 13.1 Å². The largest absolute Gasteiger partial charge is 0.430 e. The summed E-state index contributed by atoms with van der Waals surface area (Å²) in [5.41, 5.74) is -7.59. The molecule has 1 fully saturated rings. The summed E-state index contributed by atoms with van der Waals surface area (Å²) in [6.07, 6.45) is -10.1. The molecule has 6 nitrogen and oxygen atoms in total. The van der Waals surface area contributed by atoms with E-state index < -0.39 is 85.1 Å². The van der Waals surface area contributed by atoms with Crippen LogP contribution in [-0.2, 0) is 42.7 Å². The van der Waals surface area contributed by atoms with Crippen LogP contribution < -0.4 is 0 Å². The van der Waals surface area contributed by atoms with Gasteiger partial charge < -0.3 is 9.64 Å². The van der Waals surface area contributed by atoms with Crippen molar-refractivity contribution in [2.45, 2.75) is 47.0 Å². The van der Waals surface area contributed by atoms with Crippen LogP contribution in [0.15, 0.2) is 96.2 Å². The fourth-order valence-electron chi connectivity index (χ4n) is 5.83. The number of hydrogen-bond donors (Lipinski definition) is 0. The molecule has 1 aromatic heterocycles. The zero-order valence-corrected chi connectivity index (χ0v) is 25.8. The van der Waals surface area contributed by atoms with Crippen molar-refractivity contribution in [3.05, 3.63) is 131 Å². The lowest BCUT2D eigenvalue weighted by Gasteiger charge is -2.38. The van der Waals surface area contributed by atoms with Crippen molar-refractivity contribution >= 4 is 15.7 Å². The van der Waals surface area contributed by atoms with E-state index in [1.807, 2.05) is 0 Å². The first-order valence-corrected chi connectivity index (χ1v) is 15.9. The number of alkyl halides is 6. The molecule has 0 radical (unpaired) electrons. The number of rotatable bonds is 9. The Morgan fingerprint density at radius 2 is 1.45 bits per heavy atom. The average molecular weight is 717 g/mol. The maximum absolute atomic E-state index is 14.5. The van der Waals surface area contributed by atoms with Gasteiger partial charge in [0.25, 0.3) is 5.60 Å². The number of aromatic nitrogens is 1. The first kappa shape index (κ1) is 35.9. The van der Waals surface area contributed by atoms with Crippen LogP contribution in [0.4, 0.5) is 39.5 Å². The van der Waals surface area contributed by atoms with Gasteiger partial charge in [-0.2, -0.15) is 26.3 Å². The number of likely N-dealkylation sites (tertiary alicyclic amines) is 1. The van der Waals surface area contributed by atoms with Crippen LogP contribution in [0.5, 0.6) is 0 Å². The molecule has 5 rings (SSSR count). The van der Waals surface area contributed by atoms with E-state index in [1.54, 1.807) is 12.1 Å². The Hall–Kier alpha value is -4.44. The number of carbonyl (C=O) groups excluding carboxylic acids is 1. The third kappa shape index (κ3) is 6.50. The number of halogens is 9. The number of amides is 1. The molecule has 0 saturated carbocycles. The summed E-state index contributed by atoms with van der Waals surface area (Å²) in [5.74, 6) is -4.18. The lowest BCUT2D eigenvalue weighted by molar-refractivity contribution is -0.392. The molecule has 0 spiro atoms. The van der Waals surface area contributed by atoms with Crippen LogP contribution in [0.1, 0.15) is 28.7 Å². The van der Waals surface area contributed by atoms with Gasteiger partial charge in [-0.3, -0.25) is 9.78 Å². The minimum absolute atomic E-state index is 0.159. The average Bonchev–Trinajstić information content (AvgIpc) is 3.50. The first-order valence-electron chi connectivity index (χ1n) is 14.4. The van der Waals surface area contributed by atoms with E-state index in [9.17, 15) is 52.7 Å². The topological polar surface area (TPSA) is 76.6 Å². The molecule has 1 saturated heterocycles. The third-order valence-corrected chi connectivity index (χ3v) is 10.9. The summed E-state index contributed by atoms with van der Waals surface area (Å²) < 4.78 is 160. The Kier molecular flexibility index (Phi) is 9.60. The van der Waals surface area contributed by atoms with Gasteiger partial charge in [-0.1, -0.05) is 36.4 Å². The second-order valence-electron chi connectivity index (χ2n) is 11.3. The fourth-order valence-corrected chi connectivity index (χ4v) is 7.91. The Morgan fingerprint density at radius 1 is 0.837 bits per heavy atom. The van der Waals surface area contributed by atoms with Gasteiger partial charge in [0, 0.05) is 36.6 Å². The molecule has 4 aromatic rings. The predicted molar refractivity (Wildman–Crippen MR) is 156 cm³/mol. The van der Waals surface area contributed by atoms with Gasteiger partial charge in [0.1, 0.15) is 22.2 Å². The molecule has 2 heterocycles. The Morgan fingerprint density at radius 3 is 2.00 bits per heavy atom. The smallest absolute Gasteiger partial charge is 0.349 e. The van der Waals surface area contributed by atoms with Crippen molar-refractivity contribution in [1.82, 2.24) is 9.88 Å². The molecule has 49 heavy (non-hydrogen) atoms. The van der Waals surface area contributed by atoms with E-state index in [0.29, 0.717) is 29.8 Å². The molecule has 0 aliphatic carbocycles. The van der Waals surface area contributed by atoms with E-state index in [2.05, 4.69) is 9.72 Å². The van der Waals surface area contributed by atoms with Gasteiger partial charge in [0.2, 0.25) is 5.91 Å². The monoisotopic (exact) mass is 716 g/mol. The molecule has 1 amide bonds. The van der Waals surface area contributed by atoms with Crippen LogP contribution >= 0.6 is 0 Å². The summed E-state index contributed by atoms with van der Waals surface area (Å²) in [6, 6.07) is 11.2. The van der Waals surface area contributed by atoms with Crippen molar-refractivity contribution < 1.29 is 57.5 Å². The van der Waals surface area contributed by atoms with Crippen molar-refractivity contribution in [2.24, 2.45) is 0 Å². The molecule has 1 atom stereocenters. The SMILES string of the molecule is O=C(Cc1cccnc1)N1CC[C@](c2ccc(C(OCc3c(F)cccc3F)(C(F)(F)F)C(F)(F)F)cc2)(S(=O)(=O)c2ccc(F)cc2)C1. The van der Waals surface area contributed by atoms with Crippen molar-refractivity contribution in [1.29, 1.82) is 0 Å². The van der Waals surface area contributed by atoms with Gasteiger partial charge >= 0.3 is 12.4 Å². The third-order valence-electron chi connectivity index (χ3n) is 8.41. The summed E-state index contributed by atoms with van der Waals surface area (Å²) in [5, 5.41) is 0. The Labute approximate surface area is 274 Å². The zero-order valence-electron chi connectivity index (χ0n) is 25.0. The number of benzene rings is 3. The van der Waals surface area contributed by atoms with E-state index >= 15 is 0 Å². The van der Waals surface area contributed by atoms with Crippen molar-refractivity contribution in [3.8, 4) is 0 Å². The van der Waals surface area contributed by atoms with Crippen LogP contribution in [0.25, 0.3) is 0 Å². The molecule has 1 aliphatic rings. The molecule has 1 aliphatic heterocycles. The van der Waals surface area contributed by atoms with Gasteiger partial charge in [-0.05, 0) is 60.0 Å². The summed E-state index contributed by atoms with van der Waals surface area (Å²) in [7, 11) is -4.60. The standard InChI is InChI=1S/C33H25F9N2O4S/c34-24-10-12-25(13-11-24)49(46,47)30(14-16-44(20-30)29(45)17-21-3-2-15-43-18-21)22-6-8-23(9-7-22)31(32(37,38)39,33(40,41)42)48-19-26-27(35)4-1-5-28(26)36/h1-13,15,18H,14,16-17,19-20H2/t30-/m0/s1. The van der Waals surface area contributed by atoms with E-state index in [4.69, 9.17) is 0 Å². The Balaban J connectivity index is 1.59. The second kappa shape index (κ2) is 13.1. The van der Waals surface area contributed by atoms with Gasteiger partial charge in [0.05, 0.1) is 17.9 Å². The molecule has 260 valence electrons. The van der Waals surface area contributed by atoms with E-state index in [1.165, 1.54) is 17.3 Å². The summed E-state index contributed by atoms with van der Waals surface area (Å²) >= 11 is 0. The van der Waals surface area contributed by atoms with Crippen LogP contribution in [0.2, 0.25) is 0 Å². The quantitative estimate of drug-likeness (QED) is 0.136. The summed E-state index contributed by atoms with van der Waals surface area (Å²) in [6.45, 7) is -2.47. The van der Waals surface area contributed by atoms with Crippen LogP contribution in [-0.4, -0.2) is 49.7 Å². The highest BCUT2D eigenvalue weighted by Crippen LogP contribution is 2.54. The van der Waals surface area contributed by atoms with Gasteiger partial charge in [-0.15, -0.1) is 0 Å². The number of ether oxygens (including phenoxy) is 1.